The van der Waals surface area contributed by atoms with Gasteiger partial charge in [0.25, 0.3) is 0 Å². The summed E-state index contributed by atoms with van der Waals surface area (Å²) in [7, 11) is 3.53. The second-order valence-electron chi connectivity index (χ2n) is 8.54. The van der Waals surface area contributed by atoms with Gasteiger partial charge in [0, 0.05) is 25.8 Å². The summed E-state index contributed by atoms with van der Waals surface area (Å²) in [4.78, 5) is 17.6. The summed E-state index contributed by atoms with van der Waals surface area (Å²) in [5, 5.41) is 10.3. The van der Waals surface area contributed by atoms with E-state index in [-0.39, 0.29) is 23.7 Å². The zero-order valence-electron chi connectivity index (χ0n) is 16.8. The molecule has 1 N–H and O–H groups in total. The number of likely N-dealkylation sites (N-methyl/N-ethyl adjacent to an activating group) is 1. The quantitative estimate of drug-likeness (QED) is 0.593. The molecule has 1 aromatic rings. The first-order valence-electron chi connectivity index (χ1n) is 10.2. The van der Waals surface area contributed by atoms with Crippen molar-refractivity contribution in [3.8, 4) is 5.75 Å². The number of fused-ring (bicyclic) bond motifs is 2. The van der Waals surface area contributed by atoms with Crippen molar-refractivity contribution in [2.24, 2.45) is 5.92 Å². The summed E-state index contributed by atoms with van der Waals surface area (Å²) in [6.45, 7) is 4.33. The Morgan fingerprint density at radius 2 is 2.25 bits per heavy atom. The number of anilines is 1. The molecule has 4 aliphatic heterocycles. The van der Waals surface area contributed by atoms with Gasteiger partial charge in [-0.2, -0.15) is 0 Å². The van der Waals surface area contributed by atoms with E-state index in [1.807, 2.05) is 12.1 Å². The van der Waals surface area contributed by atoms with E-state index in [1.165, 1.54) is 12.7 Å². The van der Waals surface area contributed by atoms with Crippen LogP contribution in [0.25, 0.3) is 0 Å². The molecule has 3 saturated heterocycles. The van der Waals surface area contributed by atoms with Crippen molar-refractivity contribution >= 4 is 11.7 Å². The highest BCUT2D eigenvalue weighted by molar-refractivity contribution is 5.81. The predicted molar refractivity (Wildman–Crippen MR) is 105 cm³/mol. The van der Waals surface area contributed by atoms with E-state index >= 15 is 0 Å². The van der Waals surface area contributed by atoms with E-state index in [4.69, 9.17) is 9.47 Å². The minimum Gasteiger partial charge on any atom is -0.508 e. The monoisotopic (exact) mass is 384 g/mol. The van der Waals surface area contributed by atoms with Crippen molar-refractivity contribution in [1.29, 1.82) is 0 Å². The molecule has 0 aliphatic carbocycles. The highest BCUT2D eigenvalue weighted by Crippen LogP contribution is 2.66. The largest absolute Gasteiger partial charge is 0.508 e. The average Bonchev–Trinajstić information content (AvgIpc) is 3.18. The highest BCUT2D eigenvalue weighted by atomic mass is 16.5. The fourth-order valence-corrected chi connectivity index (χ4v) is 6.57. The Morgan fingerprint density at radius 1 is 1.43 bits per heavy atom. The molecule has 0 aromatic heterocycles. The number of piperidine rings is 2. The summed E-state index contributed by atoms with van der Waals surface area (Å²) in [5.41, 5.74) is 2.43. The Bertz CT molecular complexity index is 868. The molecule has 0 saturated carbocycles. The molecule has 4 heterocycles. The van der Waals surface area contributed by atoms with Crippen molar-refractivity contribution in [2.75, 3.05) is 38.8 Å². The van der Waals surface area contributed by atoms with Crippen molar-refractivity contribution in [2.45, 2.75) is 43.4 Å². The second kappa shape index (κ2) is 5.97. The van der Waals surface area contributed by atoms with Gasteiger partial charge in [0.1, 0.15) is 5.75 Å². The number of rotatable bonds is 1. The summed E-state index contributed by atoms with van der Waals surface area (Å²) < 4.78 is 11.9. The van der Waals surface area contributed by atoms with Gasteiger partial charge < -0.3 is 19.5 Å². The number of methoxy groups -OCH3 is 1. The molecule has 6 nitrogen and oxygen atoms in total. The van der Waals surface area contributed by atoms with Crippen LogP contribution in [0.3, 0.4) is 0 Å². The summed E-state index contributed by atoms with van der Waals surface area (Å²) in [6.07, 6.45) is 5.09. The minimum atomic E-state index is -0.612. The maximum absolute atomic E-state index is 12.9. The summed E-state index contributed by atoms with van der Waals surface area (Å²) in [6, 6.07) is 5.71. The topological polar surface area (TPSA) is 62.2 Å². The second-order valence-corrected chi connectivity index (χ2v) is 8.54. The van der Waals surface area contributed by atoms with Crippen LogP contribution in [-0.2, 0) is 19.7 Å². The number of hydrogen-bond acceptors (Lipinski definition) is 6. The molecule has 150 valence electrons. The number of aromatic hydroxyl groups is 1. The van der Waals surface area contributed by atoms with Crippen LogP contribution in [0.2, 0.25) is 0 Å². The summed E-state index contributed by atoms with van der Waals surface area (Å²) >= 11 is 0. The van der Waals surface area contributed by atoms with Crippen LogP contribution in [0, 0.1) is 5.92 Å². The molecule has 3 fully saturated rings. The third kappa shape index (κ3) is 1.93. The van der Waals surface area contributed by atoms with Crippen LogP contribution in [0.1, 0.15) is 31.7 Å². The van der Waals surface area contributed by atoms with E-state index in [0.717, 1.165) is 43.6 Å². The third-order valence-electron chi connectivity index (χ3n) is 7.75. The lowest BCUT2D eigenvalue weighted by atomic mass is 9.59. The van der Waals surface area contributed by atoms with Gasteiger partial charge in [-0.25, -0.2) is 0 Å². The van der Waals surface area contributed by atoms with Crippen LogP contribution < -0.4 is 4.90 Å². The minimum absolute atomic E-state index is 0.194. The van der Waals surface area contributed by atoms with Gasteiger partial charge in [-0.05, 0) is 49.9 Å². The number of phenolic OH excluding ortho intramolecular Hbond substituents is 1. The lowest BCUT2D eigenvalue weighted by Gasteiger charge is -2.58. The van der Waals surface area contributed by atoms with E-state index in [9.17, 15) is 9.90 Å². The van der Waals surface area contributed by atoms with Crippen LogP contribution in [0.5, 0.6) is 5.75 Å². The maximum atomic E-state index is 12.9. The molecule has 0 unspecified atom stereocenters. The molecule has 0 radical (unpaired) electrons. The molecule has 1 aromatic carbocycles. The predicted octanol–water partition coefficient (Wildman–Crippen LogP) is 2.41. The number of nitrogens with zero attached hydrogens (tertiary/aromatic N) is 2. The highest BCUT2D eigenvalue weighted by Gasteiger charge is 2.75. The van der Waals surface area contributed by atoms with Crippen LogP contribution in [0.4, 0.5) is 5.69 Å². The number of esters is 1. The van der Waals surface area contributed by atoms with Crippen molar-refractivity contribution in [1.82, 2.24) is 4.90 Å². The molecule has 0 amide bonds. The van der Waals surface area contributed by atoms with Crippen molar-refractivity contribution < 1.29 is 19.4 Å². The Balaban J connectivity index is 1.72. The average molecular weight is 384 g/mol. The molecule has 0 bridgehead atoms. The van der Waals surface area contributed by atoms with Crippen LogP contribution >= 0.6 is 0 Å². The number of allylic oxidation sites excluding steroid dienone is 1. The summed E-state index contributed by atoms with van der Waals surface area (Å²) in [5.74, 6) is -0.353. The molecular weight excluding hydrogens is 356 g/mol. The number of carbonyl (C=O) groups is 1. The Hall–Kier alpha value is -2.05. The van der Waals surface area contributed by atoms with Gasteiger partial charge in [-0.15, -0.1) is 0 Å². The smallest absolute Gasteiger partial charge is 0.312 e. The molecule has 5 rings (SSSR count). The van der Waals surface area contributed by atoms with E-state index in [1.54, 1.807) is 6.07 Å². The number of ether oxygens (including phenoxy) is 2. The van der Waals surface area contributed by atoms with E-state index < -0.39 is 11.1 Å². The normalized spacial score (nSPS) is 38.0. The zero-order valence-corrected chi connectivity index (χ0v) is 16.8. The standard InChI is InChI=1S/C22H28N2O4/c1-4-14-5-8-19-22-21(9-10-24(19)12-14,17(13-28-22)20(26)27-3)16-11-15(25)6-7-18(16)23(22)2/h4,6-7,11,17,19,25H,5,8-10,12-13H2,1-3H3/b14-4+/t17-,19+,21+,22-/m0/s1. The SMILES string of the molecule is C/C=C1\CC[C@H]2N(CC[C@]34c5cc(O)ccc5N(C)[C@]23OC[C@H]4C(=O)OC)C1. The lowest BCUT2D eigenvalue weighted by Crippen LogP contribution is -2.73. The van der Waals surface area contributed by atoms with Crippen molar-refractivity contribution in [3.05, 3.63) is 35.4 Å². The van der Waals surface area contributed by atoms with Gasteiger partial charge in [0.05, 0.1) is 31.1 Å². The Labute approximate surface area is 165 Å². The number of phenols is 1. The molecule has 4 atom stereocenters. The van der Waals surface area contributed by atoms with E-state index in [0.29, 0.717) is 6.61 Å². The molecule has 6 heteroatoms. The van der Waals surface area contributed by atoms with E-state index in [2.05, 4.69) is 29.8 Å². The number of benzene rings is 1. The number of carbonyl (C=O) groups excluding carboxylic acids is 1. The zero-order chi connectivity index (χ0) is 19.7. The van der Waals surface area contributed by atoms with Gasteiger partial charge in [-0.1, -0.05) is 11.6 Å². The van der Waals surface area contributed by atoms with Gasteiger partial charge in [0.2, 0.25) is 0 Å². The first-order valence-corrected chi connectivity index (χ1v) is 10.2. The molecular formula is C22H28N2O4. The number of hydrogen-bond donors (Lipinski definition) is 1. The van der Waals surface area contributed by atoms with Gasteiger partial charge in [0.15, 0.2) is 5.72 Å². The molecule has 0 spiro atoms. The fourth-order valence-electron chi connectivity index (χ4n) is 6.57. The Kier molecular flexibility index (Phi) is 3.84. The Morgan fingerprint density at radius 3 is 3.00 bits per heavy atom. The van der Waals surface area contributed by atoms with Crippen LogP contribution in [0.15, 0.2) is 29.8 Å². The van der Waals surface area contributed by atoms with Gasteiger partial charge >= 0.3 is 5.97 Å². The van der Waals surface area contributed by atoms with Crippen molar-refractivity contribution in [3.63, 3.8) is 0 Å². The lowest BCUT2D eigenvalue weighted by molar-refractivity contribution is -0.150. The maximum Gasteiger partial charge on any atom is 0.312 e. The third-order valence-corrected chi connectivity index (χ3v) is 7.75. The molecule has 4 aliphatic rings. The first kappa shape index (κ1) is 18.0. The molecule has 28 heavy (non-hydrogen) atoms. The van der Waals surface area contributed by atoms with Gasteiger partial charge in [-0.3, -0.25) is 9.69 Å². The van der Waals surface area contributed by atoms with Crippen LogP contribution in [-0.4, -0.2) is 61.6 Å². The fraction of sp³-hybridized carbons (Fsp3) is 0.591. The first-order chi connectivity index (χ1) is 13.5.